The van der Waals surface area contributed by atoms with Crippen molar-refractivity contribution in [1.29, 1.82) is 0 Å². The van der Waals surface area contributed by atoms with Gasteiger partial charge >= 0.3 is 0 Å². The highest BCUT2D eigenvalue weighted by atomic mass is 32.2. The molecule has 1 amide bonds. The highest BCUT2D eigenvalue weighted by Crippen LogP contribution is 2.37. The van der Waals surface area contributed by atoms with Gasteiger partial charge in [0, 0.05) is 6.07 Å². The van der Waals surface area contributed by atoms with E-state index >= 15 is 0 Å². The molecule has 0 radical (unpaired) electrons. The predicted octanol–water partition coefficient (Wildman–Crippen LogP) is 1.59. The number of rotatable bonds is 3. The van der Waals surface area contributed by atoms with E-state index in [2.05, 4.69) is 10.0 Å². The number of amides is 1. The summed E-state index contributed by atoms with van der Waals surface area (Å²) >= 11 is 0. The zero-order valence-electron chi connectivity index (χ0n) is 12.9. The maximum Gasteiger partial charge on any atom is 0.262 e. The Labute approximate surface area is 143 Å². The number of carbonyl (C=O) groups is 1. The summed E-state index contributed by atoms with van der Waals surface area (Å²) in [5.74, 6) is 0.878. The zero-order chi connectivity index (χ0) is 17.4. The average molecular weight is 362 g/mol. The minimum atomic E-state index is -3.87. The summed E-state index contributed by atoms with van der Waals surface area (Å²) < 4.78 is 44.0. The first kappa shape index (κ1) is 15.6. The van der Waals surface area contributed by atoms with Crippen LogP contribution in [0, 0.1) is 0 Å². The molecule has 2 aliphatic rings. The molecule has 2 aliphatic heterocycles. The Morgan fingerprint density at radius 3 is 2.64 bits per heavy atom. The molecular formula is C16H14N2O6S. The van der Waals surface area contributed by atoms with Gasteiger partial charge in [0.05, 0.1) is 16.3 Å². The summed E-state index contributed by atoms with van der Waals surface area (Å²) in [5.41, 5.74) is 0.658. The van der Waals surface area contributed by atoms with E-state index in [9.17, 15) is 13.2 Å². The second-order valence-corrected chi connectivity index (χ2v) is 7.11. The summed E-state index contributed by atoms with van der Waals surface area (Å²) in [6.07, 6.45) is 0. The number of fused-ring (bicyclic) bond motifs is 2. The van der Waals surface area contributed by atoms with Gasteiger partial charge < -0.3 is 19.5 Å². The summed E-state index contributed by atoms with van der Waals surface area (Å²) in [6, 6.07) is 9.22. The fourth-order valence-corrected chi connectivity index (χ4v) is 3.67. The third kappa shape index (κ3) is 2.93. The van der Waals surface area contributed by atoms with Crippen LogP contribution in [-0.4, -0.2) is 34.1 Å². The van der Waals surface area contributed by atoms with Crippen molar-refractivity contribution in [1.82, 2.24) is 0 Å². The SMILES string of the molecule is O=C1COc2c(cccc2NS(=O)(=O)c2ccc3c(c2)OCCO3)N1. The standard InChI is InChI=1S/C16H14N2O6S/c19-15-9-24-16-11(17-15)2-1-3-12(16)18-25(20,21)10-4-5-13-14(8-10)23-7-6-22-13/h1-5,8,18H,6-7,9H2,(H,17,19). The van der Waals surface area contributed by atoms with E-state index in [1.54, 1.807) is 24.3 Å². The van der Waals surface area contributed by atoms with Gasteiger partial charge in [-0.15, -0.1) is 0 Å². The summed E-state index contributed by atoms with van der Waals surface area (Å²) in [6.45, 7) is 0.621. The highest BCUT2D eigenvalue weighted by Gasteiger charge is 2.24. The van der Waals surface area contributed by atoms with Crippen LogP contribution in [0.5, 0.6) is 17.2 Å². The topological polar surface area (TPSA) is 103 Å². The fraction of sp³-hybridized carbons (Fsp3) is 0.188. The number of nitrogens with one attached hydrogen (secondary N) is 2. The molecule has 0 bridgehead atoms. The normalized spacial score (nSPS) is 15.6. The van der Waals surface area contributed by atoms with Crippen molar-refractivity contribution in [3.63, 3.8) is 0 Å². The van der Waals surface area contributed by atoms with Crippen molar-refractivity contribution in [2.45, 2.75) is 4.90 Å². The second kappa shape index (κ2) is 5.85. The van der Waals surface area contributed by atoms with Crippen LogP contribution >= 0.6 is 0 Å². The third-order valence-corrected chi connectivity index (χ3v) is 5.07. The summed E-state index contributed by atoms with van der Waals surface area (Å²) in [7, 11) is -3.87. The lowest BCUT2D eigenvalue weighted by Crippen LogP contribution is -2.26. The maximum absolute atomic E-state index is 12.7. The van der Waals surface area contributed by atoms with Gasteiger partial charge in [0.15, 0.2) is 23.9 Å². The molecule has 2 aromatic rings. The molecule has 130 valence electrons. The first-order valence-corrected chi connectivity index (χ1v) is 8.99. The van der Waals surface area contributed by atoms with Crippen LogP contribution in [0.1, 0.15) is 0 Å². The lowest BCUT2D eigenvalue weighted by molar-refractivity contribution is -0.118. The maximum atomic E-state index is 12.7. The van der Waals surface area contributed by atoms with E-state index in [0.29, 0.717) is 30.4 Å². The van der Waals surface area contributed by atoms with Gasteiger partial charge in [-0.05, 0) is 24.3 Å². The predicted molar refractivity (Wildman–Crippen MR) is 88.8 cm³/mol. The van der Waals surface area contributed by atoms with Crippen LogP contribution < -0.4 is 24.2 Å². The highest BCUT2D eigenvalue weighted by molar-refractivity contribution is 7.92. The van der Waals surface area contributed by atoms with Gasteiger partial charge in [0.1, 0.15) is 13.2 Å². The Kier molecular flexibility index (Phi) is 3.65. The van der Waals surface area contributed by atoms with E-state index in [1.165, 1.54) is 12.1 Å². The number of hydrogen-bond acceptors (Lipinski definition) is 6. The molecule has 0 spiro atoms. The van der Waals surface area contributed by atoms with Crippen LogP contribution in [-0.2, 0) is 14.8 Å². The van der Waals surface area contributed by atoms with Crippen LogP contribution in [0.15, 0.2) is 41.3 Å². The van der Waals surface area contributed by atoms with Crippen molar-refractivity contribution in [3.05, 3.63) is 36.4 Å². The number of para-hydroxylation sites is 1. The monoisotopic (exact) mass is 362 g/mol. The number of carbonyl (C=O) groups excluding carboxylic acids is 1. The number of hydrogen-bond donors (Lipinski definition) is 2. The first-order valence-electron chi connectivity index (χ1n) is 7.51. The zero-order valence-corrected chi connectivity index (χ0v) is 13.8. The average Bonchev–Trinajstić information content (AvgIpc) is 2.61. The van der Waals surface area contributed by atoms with Gasteiger partial charge in [-0.3, -0.25) is 9.52 Å². The molecule has 2 heterocycles. The molecule has 0 atom stereocenters. The van der Waals surface area contributed by atoms with Gasteiger partial charge in [0.2, 0.25) is 0 Å². The molecule has 8 nitrogen and oxygen atoms in total. The molecular weight excluding hydrogens is 348 g/mol. The molecule has 9 heteroatoms. The van der Waals surface area contributed by atoms with Crippen molar-refractivity contribution in [3.8, 4) is 17.2 Å². The molecule has 0 saturated carbocycles. The van der Waals surface area contributed by atoms with Crippen LogP contribution in [0.3, 0.4) is 0 Å². The molecule has 2 N–H and O–H groups in total. The van der Waals surface area contributed by atoms with Crippen molar-refractivity contribution < 1.29 is 27.4 Å². The lowest BCUT2D eigenvalue weighted by Gasteiger charge is -2.22. The van der Waals surface area contributed by atoms with Crippen LogP contribution in [0.25, 0.3) is 0 Å². The lowest BCUT2D eigenvalue weighted by atomic mass is 10.2. The van der Waals surface area contributed by atoms with Crippen LogP contribution in [0.2, 0.25) is 0 Å². The minimum absolute atomic E-state index is 0.0363. The summed E-state index contributed by atoms with van der Waals surface area (Å²) in [4.78, 5) is 11.4. The quantitative estimate of drug-likeness (QED) is 0.860. The van der Waals surface area contributed by atoms with Crippen molar-refractivity contribution in [2.75, 3.05) is 29.9 Å². The molecule has 0 fully saturated rings. The largest absolute Gasteiger partial charge is 0.486 e. The Hall–Kier alpha value is -2.94. The van der Waals surface area contributed by atoms with Gasteiger partial charge in [-0.2, -0.15) is 0 Å². The number of sulfonamides is 1. The van der Waals surface area contributed by atoms with Crippen molar-refractivity contribution in [2.24, 2.45) is 0 Å². The molecule has 25 heavy (non-hydrogen) atoms. The van der Waals surface area contributed by atoms with E-state index in [0.717, 1.165) is 0 Å². The molecule has 4 rings (SSSR count). The minimum Gasteiger partial charge on any atom is -0.486 e. The Morgan fingerprint density at radius 2 is 1.80 bits per heavy atom. The number of ether oxygens (including phenoxy) is 3. The smallest absolute Gasteiger partial charge is 0.262 e. The fourth-order valence-electron chi connectivity index (χ4n) is 2.59. The Morgan fingerprint density at radius 1 is 1.00 bits per heavy atom. The number of benzene rings is 2. The summed E-state index contributed by atoms with van der Waals surface area (Å²) in [5, 5.41) is 2.63. The molecule has 0 aromatic heterocycles. The molecule has 2 aromatic carbocycles. The molecule has 0 saturated heterocycles. The molecule has 0 aliphatic carbocycles. The van der Waals surface area contributed by atoms with Gasteiger partial charge in [0.25, 0.3) is 15.9 Å². The molecule has 0 unspecified atom stereocenters. The first-order chi connectivity index (χ1) is 12.0. The van der Waals surface area contributed by atoms with E-state index in [1.807, 2.05) is 0 Å². The van der Waals surface area contributed by atoms with E-state index < -0.39 is 10.0 Å². The van der Waals surface area contributed by atoms with E-state index in [4.69, 9.17) is 14.2 Å². The third-order valence-electron chi connectivity index (χ3n) is 3.70. The Bertz CT molecular complexity index is 957. The van der Waals surface area contributed by atoms with Gasteiger partial charge in [-0.1, -0.05) is 6.07 Å². The van der Waals surface area contributed by atoms with Crippen molar-refractivity contribution >= 4 is 27.3 Å². The van der Waals surface area contributed by atoms with Gasteiger partial charge in [-0.25, -0.2) is 8.42 Å². The van der Waals surface area contributed by atoms with Crippen LogP contribution in [0.4, 0.5) is 11.4 Å². The van der Waals surface area contributed by atoms with E-state index in [-0.39, 0.29) is 28.8 Å². The number of anilines is 2. The second-order valence-electron chi connectivity index (χ2n) is 5.43. The Balaban J connectivity index is 1.66.